The molecule has 92 valence electrons. The Kier molecular flexibility index (Phi) is 3.57. The topological polar surface area (TPSA) is 53.6 Å². The van der Waals surface area contributed by atoms with Crippen LogP contribution in [0.5, 0.6) is 0 Å². The number of aromatic nitrogens is 2. The average Bonchev–Trinajstić information content (AvgIpc) is 2.58. The molecule has 0 amide bonds. The molecule has 18 heavy (non-hydrogen) atoms. The lowest BCUT2D eigenvalue weighted by Gasteiger charge is -2.10. The summed E-state index contributed by atoms with van der Waals surface area (Å²) in [6, 6.07) is 8.36. The summed E-state index contributed by atoms with van der Waals surface area (Å²) < 4.78 is 2.85. The molecule has 0 aliphatic carbocycles. The Bertz CT molecular complexity index is 637. The lowest BCUT2D eigenvalue weighted by atomic mass is 10.2. The van der Waals surface area contributed by atoms with Crippen molar-refractivity contribution in [3.8, 4) is 6.07 Å². The quantitative estimate of drug-likeness (QED) is 0.845. The summed E-state index contributed by atoms with van der Waals surface area (Å²) in [6.45, 7) is 3.87. The third-order valence-electron chi connectivity index (χ3n) is 2.79. The van der Waals surface area contributed by atoms with E-state index in [1.165, 1.54) is 0 Å². The molecule has 0 unspecified atom stereocenters. The second-order valence-corrected chi connectivity index (χ2v) is 5.37. The number of hydrogen-bond donors (Lipinski definition) is 1. The van der Waals surface area contributed by atoms with Crippen LogP contribution in [0.3, 0.4) is 0 Å². The fourth-order valence-electron chi connectivity index (χ4n) is 1.79. The normalized spacial score (nSPS) is 10.2. The summed E-state index contributed by atoms with van der Waals surface area (Å²) in [5.41, 5.74) is 3.47. The maximum Gasteiger partial charge on any atom is 0.146 e. The zero-order valence-corrected chi connectivity index (χ0v) is 12.6. The van der Waals surface area contributed by atoms with Crippen molar-refractivity contribution in [2.45, 2.75) is 13.8 Å². The first-order valence-electron chi connectivity index (χ1n) is 5.50. The van der Waals surface area contributed by atoms with Gasteiger partial charge in [-0.05, 0) is 54.1 Å². The van der Waals surface area contributed by atoms with E-state index in [9.17, 15) is 0 Å². The first-order chi connectivity index (χ1) is 8.52. The van der Waals surface area contributed by atoms with Gasteiger partial charge >= 0.3 is 0 Å². The molecule has 0 bridgehead atoms. The molecule has 0 fully saturated rings. The second-order valence-electron chi connectivity index (χ2n) is 4.13. The van der Waals surface area contributed by atoms with Crippen LogP contribution in [0.2, 0.25) is 0 Å². The average molecular weight is 352 g/mol. The zero-order chi connectivity index (χ0) is 13.3. The Morgan fingerprint density at radius 2 is 2.11 bits per heavy atom. The molecule has 0 aliphatic heterocycles. The molecule has 4 nitrogen and oxygen atoms in total. The summed E-state index contributed by atoms with van der Waals surface area (Å²) in [5.74, 6) is 0.736. The van der Waals surface area contributed by atoms with E-state index in [1.54, 1.807) is 4.68 Å². The van der Waals surface area contributed by atoms with Crippen molar-refractivity contribution >= 4 is 34.1 Å². The molecule has 0 saturated carbocycles. The van der Waals surface area contributed by atoms with E-state index in [0.717, 1.165) is 26.3 Å². The molecule has 5 heteroatoms. The van der Waals surface area contributed by atoms with Gasteiger partial charge < -0.3 is 5.32 Å². The molecule has 0 saturated heterocycles. The molecular weight excluding hydrogens is 339 g/mol. The van der Waals surface area contributed by atoms with Gasteiger partial charge in [-0.1, -0.05) is 6.07 Å². The highest BCUT2D eigenvalue weighted by Gasteiger charge is 2.13. The van der Waals surface area contributed by atoms with E-state index >= 15 is 0 Å². The monoisotopic (exact) mass is 352 g/mol. The fraction of sp³-hybridized carbons (Fsp3) is 0.231. The van der Waals surface area contributed by atoms with Crippen molar-refractivity contribution in [1.82, 2.24) is 9.78 Å². The molecule has 0 spiro atoms. The molecule has 1 aromatic heterocycles. The minimum atomic E-state index is 0.593. The Hall–Kier alpha value is -1.55. The van der Waals surface area contributed by atoms with Crippen molar-refractivity contribution in [1.29, 1.82) is 5.26 Å². The third kappa shape index (κ3) is 2.34. The van der Waals surface area contributed by atoms with Crippen molar-refractivity contribution in [3.05, 3.63) is 38.6 Å². The number of hydrogen-bond acceptors (Lipinski definition) is 3. The Labute approximate surface area is 120 Å². The van der Waals surface area contributed by atoms with Crippen LogP contribution >= 0.6 is 22.6 Å². The number of nitriles is 1. The van der Waals surface area contributed by atoms with Crippen LogP contribution in [-0.4, -0.2) is 9.78 Å². The van der Waals surface area contributed by atoms with Gasteiger partial charge in [-0.2, -0.15) is 10.4 Å². The summed E-state index contributed by atoms with van der Waals surface area (Å²) in [6.07, 6.45) is 0. The molecule has 0 atom stereocenters. The Balaban J connectivity index is 2.46. The van der Waals surface area contributed by atoms with Crippen molar-refractivity contribution in [2.75, 3.05) is 5.32 Å². The molecule has 1 N–H and O–H groups in total. The smallest absolute Gasteiger partial charge is 0.146 e. The van der Waals surface area contributed by atoms with Crippen molar-refractivity contribution in [2.24, 2.45) is 7.05 Å². The summed E-state index contributed by atoms with van der Waals surface area (Å²) in [5, 5.41) is 16.7. The van der Waals surface area contributed by atoms with E-state index in [4.69, 9.17) is 5.26 Å². The minimum absolute atomic E-state index is 0.593. The number of anilines is 2. The number of aryl methyl sites for hydroxylation is 3. The van der Waals surface area contributed by atoms with E-state index in [0.29, 0.717) is 5.56 Å². The van der Waals surface area contributed by atoms with Gasteiger partial charge in [0.2, 0.25) is 0 Å². The van der Waals surface area contributed by atoms with Gasteiger partial charge in [0.1, 0.15) is 17.5 Å². The Morgan fingerprint density at radius 1 is 1.39 bits per heavy atom. The fourth-order valence-corrected chi connectivity index (χ4v) is 2.28. The standard InChI is InChI=1S/C13H13IN4/c1-8-4-5-10(14)6-12(8)16-13-11(7-15)9(2)17-18(13)3/h4-6,16H,1-3H3. The number of halogens is 1. The third-order valence-corrected chi connectivity index (χ3v) is 3.46. The van der Waals surface area contributed by atoms with Gasteiger partial charge in [-0.25, -0.2) is 0 Å². The van der Waals surface area contributed by atoms with Crippen molar-refractivity contribution < 1.29 is 0 Å². The predicted molar refractivity (Wildman–Crippen MR) is 79.8 cm³/mol. The second kappa shape index (κ2) is 4.98. The lowest BCUT2D eigenvalue weighted by Crippen LogP contribution is -2.02. The number of rotatable bonds is 2. The first-order valence-corrected chi connectivity index (χ1v) is 6.57. The van der Waals surface area contributed by atoms with Crippen LogP contribution < -0.4 is 5.32 Å². The summed E-state index contributed by atoms with van der Waals surface area (Å²) >= 11 is 2.27. The molecule has 2 rings (SSSR count). The highest BCUT2D eigenvalue weighted by Crippen LogP contribution is 2.25. The van der Waals surface area contributed by atoms with Crippen molar-refractivity contribution in [3.63, 3.8) is 0 Å². The summed E-state index contributed by atoms with van der Waals surface area (Å²) in [7, 11) is 1.83. The van der Waals surface area contributed by atoms with Crippen LogP contribution in [0.15, 0.2) is 18.2 Å². The zero-order valence-electron chi connectivity index (χ0n) is 10.5. The van der Waals surface area contributed by atoms with E-state index in [2.05, 4.69) is 57.3 Å². The predicted octanol–water partition coefficient (Wildman–Crippen LogP) is 3.26. The number of benzene rings is 1. The van der Waals surface area contributed by atoms with Gasteiger partial charge in [0.25, 0.3) is 0 Å². The van der Waals surface area contributed by atoms with Gasteiger partial charge in [-0.15, -0.1) is 0 Å². The minimum Gasteiger partial charge on any atom is -0.339 e. The van der Waals surface area contributed by atoms with Crippen LogP contribution in [0.25, 0.3) is 0 Å². The highest BCUT2D eigenvalue weighted by atomic mass is 127. The number of nitrogens with one attached hydrogen (secondary N) is 1. The van der Waals surface area contributed by atoms with Gasteiger partial charge in [0.15, 0.2) is 0 Å². The maximum atomic E-state index is 9.17. The SMILES string of the molecule is Cc1ccc(I)cc1Nc1c(C#N)c(C)nn1C. The van der Waals surface area contributed by atoms with Crippen LogP contribution in [0.4, 0.5) is 11.5 Å². The van der Waals surface area contributed by atoms with Gasteiger partial charge in [0, 0.05) is 16.3 Å². The van der Waals surface area contributed by atoms with E-state index in [-0.39, 0.29) is 0 Å². The largest absolute Gasteiger partial charge is 0.339 e. The number of nitrogens with zero attached hydrogens (tertiary/aromatic N) is 3. The maximum absolute atomic E-state index is 9.17. The molecule has 1 aromatic carbocycles. The van der Waals surface area contributed by atoms with E-state index in [1.807, 2.05) is 20.9 Å². The molecule has 1 heterocycles. The highest BCUT2D eigenvalue weighted by molar-refractivity contribution is 14.1. The van der Waals surface area contributed by atoms with Crippen LogP contribution in [0, 0.1) is 28.7 Å². The molecular formula is C13H13IN4. The molecule has 2 aromatic rings. The first kappa shape index (κ1) is 12.9. The summed E-state index contributed by atoms with van der Waals surface area (Å²) in [4.78, 5) is 0. The molecule has 0 aliphatic rings. The van der Waals surface area contributed by atoms with Gasteiger partial charge in [0.05, 0.1) is 5.69 Å². The molecule has 0 radical (unpaired) electrons. The van der Waals surface area contributed by atoms with Crippen LogP contribution in [-0.2, 0) is 7.05 Å². The van der Waals surface area contributed by atoms with Crippen LogP contribution in [0.1, 0.15) is 16.8 Å². The Morgan fingerprint density at radius 3 is 2.78 bits per heavy atom. The lowest BCUT2D eigenvalue weighted by molar-refractivity contribution is 0.765. The van der Waals surface area contributed by atoms with Gasteiger partial charge in [-0.3, -0.25) is 4.68 Å². The van der Waals surface area contributed by atoms with E-state index < -0.39 is 0 Å².